The number of nitrogens with one attached hydrogen (secondary N) is 1. The van der Waals surface area contributed by atoms with Crippen LogP contribution >= 0.6 is 0 Å². The Kier molecular flexibility index (Phi) is 4.75. The summed E-state index contributed by atoms with van der Waals surface area (Å²) < 4.78 is 5.36. The summed E-state index contributed by atoms with van der Waals surface area (Å²) in [5, 5.41) is 3.28. The highest BCUT2D eigenvalue weighted by Crippen LogP contribution is 2.16. The van der Waals surface area contributed by atoms with Crippen LogP contribution in [0.4, 0.5) is 11.8 Å². The number of morpholine rings is 1. The first-order chi connectivity index (χ1) is 8.83. The van der Waals surface area contributed by atoms with Crippen LogP contribution in [0.25, 0.3) is 0 Å². The van der Waals surface area contributed by atoms with Crippen LogP contribution in [0.15, 0.2) is 6.07 Å². The van der Waals surface area contributed by atoms with Crippen LogP contribution in [-0.2, 0) is 11.2 Å². The fourth-order valence-electron chi connectivity index (χ4n) is 2.04. The van der Waals surface area contributed by atoms with E-state index in [1.807, 2.05) is 0 Å². The lowest BCUT2D eigenvalue weighted by Gasteiger charge is -2.27. The van der Waals surface area contributed by atoms with Gasteiger partial charge in [0.15, 0.2) is 0 Å². The summed E-state index contributed by atoms with van der Waals surface area (Å²) in [4.78, 5) is 11.4. The molecule has 100 valence electrons. The minimum Gasteiger partial charge on any atom is -0.378 e. The molecule has 0 spiro atoms. The van der Waals surface area contributed by atoms with E-state index in [0.717, 1.165) is 63.1 Å². The van der Waals surface area contributed by atoms with E-state index in [9.17, 15) is 0 Å². The Bertz CT molecular complexity index is 353. The molecule has 0 radical (unpaired) electrons. The number of anilines is 2. The SMILES string of the molecule is CCCc1cc(NCC)nc(N2CCOCC2)n1. The Balaban J connectivity index is 2.20. The first-order valence-corrected chi connectivity index (χ1v) is 6.78. The number of aryl methyl sites for hydroxylation is 1. The zero-order chi connectivity index (χ0) is 12.8. The Labute approximate surface area is 109 Å². The third kappa shape index (κ3) is 3.32. The van der Waals surface area contributed by atoms with Crippen molar-refractivity contribution in [2.75, 3.05) is 43.1 Å². The van der Waals surface area contributed by atoms with E-state index >= 15 is 0 Å². The molecular weight excluding hydrogens is 228 g/mol. The van der Waals surface area contributed by atoms with Crippen molar-refractivity contribution in [3.05, 3.63) is 11.8 Å². The number of hydrogen-bond donors (Lipinski definition) is 1. The van der Waals surface area contributed by atoms with Gasteiger partial charge in [-0.25, -0.2) is 4.98 Å². The van der Waals surface area contributed by atoms with Crippen molar-refractivity contribution in [2.24, 2.45) is 0 Å². The van der Waals surface area contributed by atoms with Gasteiger partial charge in [-0.05, 0) is 13.3 Å². The van der Waals surface area contributed by atoms with Gasteiger partial charge in [-0.3, -0.25) is 0 Å². The first kappa shape index (κ1) is 13.1. The van der Waals surface area contributed by atoms with Crippen molar-refractivity contribution in [2.45, 2.75) is 26.7 Å². The molecule has 2 heterocycles. The average molecular weight is 250 g/mol. The molecule has 0 saturated carbocycles. The van der Waals surface area contributed by atoms with Gasteiger partial charge in [0, 0.05) is 31.4 Å². The van der Waals surface area contributed by atoms with Crippen LogP contribution < -0.4 is 10.2 Å². The van der Waals surface area contributed by atoms with Crippen LogP contribution in [-0.4, -0.2) is 42.8 Å². The normalized spacial score (nSPS) is 15.8. The number of rotatable bonds is 5. The van der Waals surface area contributed by atoms with Gasteiger partial charge in [-0.15, -0.1) is 0 Å². The van der Waals surface area contributed by atoms with Crippen LogP contribution in [0, 0.1) is 0 Å². The van der Waals surface area contributed by atoms with E-state index in [0.29, 0.717) is 0 Å². The maximum atomic E-state index is 5.36. The summed E-state index contributed by atoms with van der Waals surface area (Å²) in [7, 11) is 0. The molecule has 0 unspecified atom stereocenters. The molecule has 0 aromatic carbocycles. The topological polar surface area (TPSA) is 50.3 Å². The second-order valence-electron chi connectivity index (χ2n) is 4.42. The molecule has 0 atom stereocenters. The smallest absolute Gasteiger partial charge is 0.227 e. The molecule has 1 N–H and O–H groups in total. The predicted molar refractivity (Wildman–Crippen MR) is 73.2 cm³/mol. The van der Waals surface area contributed by atoms with E-state index in [1.165, 1.54) is 0 Å². The Morgan fingerprint density at radius 2 is 2.06 bits per heavy atom. The predicted octanol–water partition coefficient (Wildman–Crippen LogP) is 1.70. The van der Waals surface area contributed by atoms with Crippen molar-refractivity contribution in [3.8, 4) is 0 Å². The zero-order valence-electron chi connectivity index (χ0n) is 11.3. The second-order valence-corrected chi connectivity index (χ2v) is 4.42. The largest absolute Gasteiger partial charge is 0.378 e. The summed E-state index contributed by atoms with van der Waals surface area (Å²) >= 11 is 0. The van der Waals surface area contributed by atoms with Gasteiger partial charge in [0.1, 0.15) is 5.82 Å². The van der Waals surface area contributed by atoms with Gasteiger partial charge in [0.2, 0.25) is 5.95 Å². The van der Waals surface area contributed by atoms with E-state index in [4.69, 9.17) is 4.74 Å². The minimum absolute atomic E-state index is 0.762. The van der Waals surface area contributed by atoms with Crippen molar-refractivity contribution in [3.63, 3.8) is 0 Å². The summed E-state index contributed by atoms with van der Waals surface area (Å²) in [5.41, 5.74) is 1.12. The van der Waals surface area contributed by atoms with Gasteiger partial charge in [-0.2, -0.15) is 4.98 Å². The molecule has 0 aliphatic carbocycles. The molecule has 0 bridgehead atoms. The Morgan fingerprint density at radius 1 is 1.28 bits per heavy atom. The summed E-state index contributed by atoms with van der Waals surface area (Å²) in [5.74, 6) is 1.76. The van der Waals surface area contributed by atoms with E-state index in [-0.39, 0.29) is 0 Å². The first-order valence-electron chi connectivity index (χ1n) is 6.78. The highest BCUT2D eigenvalue weighted by molar-refractivity contribution is 5.44. The Morgan fingerprint density at radius 3 is 2.72 bits per heavy atom. The zero-order valence-corrected chi connectivity index (χ0v) is 11.3. The number of nitrogens with zero attached hydrogens (tertiary/aromatic N) is 3. The van der Waals surface area contributed by atoms with Crippen LogP contribution in [0.3, 0.4) is 0 Å². The molecule has 2 rings (SSSR count). The van der Waals surface area contributed by atoms with Crippen molar-refractivity contribution in [1.82, 2.24) is 9.97 Å². The molecule has 1 fully saturated rings. The van der Waals surface area contributed by atoms with Crippen LogP contribution in [0.1, 0.15) is 26.0 Å². The third-order valence-corrected chi connectivity index (χ3v) is 2.93. The quantitative estimate of drug-likeness (QED) is 0.862. The van der Waals surface area contributed by atoms with Gasteiger partial charge in [0.25, 0.3) is 0 Å². The Hall–Kier alpha value is -1.36. The molecule has 5 nitrogen and oxygen atoms in total. The minimum atomic E-state index is 0.762. The van der Waals surface area contributed by atoms with Gasteiger partial charge in [-0.1, -0.05) is 13.3 Å². The maximum Gasteiger partial charge on any atom is 0.227 e. The van der Waals surface area contributed by atoms with Gasteiger partial charge >= 0.3 is 0 Å². The molecule has 1 saturated heterocycles. The summed E-state index contributed by atoms with van der Waals surface area (Å²) in [6, 6.07) is 2.05. The van der Waals surface area contributed by atoms with E-state index < -0.39 is 0 Å². The highest BCUT2D eigenvalue weighted by atomic mass is 16.5. The van der Waals surface area contributed by atoms with Crippen molar-refractivity contribution >= 4 is 11.8 Å². The molecule has 1 aromatic heterocycles. The molecule has 0 amide bonds. The fraction of sp³-hybridized carbons (Fsp3) is 0.692. The lowest BCUT2D eigenvalue weighted by Crippen LogP contribution is -2.37. The number of ether oxygens (including phenoxy) is 1. The highest BCUT2D eigenvalue weighted by Gasteiger charge is 2.15. The second kappa shape index (κ2) is 6.54. The molecule has 1 aliphatic heterocycles. The number of hydrogen-bond acceptors (Lipinski definition) is 5. The molecule has 5 heteroatoms. The maximum absolute atomic E-state index is 5.36. The van der Waals surface area contributed by atoms with Gasteiger partial charge < -0.3 is 15.0 Å². The molecule has 18 heavy (non-hydrogen) atoms. The number of aromatic nitrogens is 2. The third-order valence-electron chi connectivity index (χ3n) is 2.93. The van der Waals surface area contributed by atoms with E-state index in [2.05, 4.69) is 40.1 Å². The standard InChI is InChI=1S/C13H22N4O/c1-3-5-11-10-12(14-4-2)16-13(15-11)17-6-8-18-9-7-17/h10H,3-9H2,1-2H3,(H,14,15,16). The van der Waals surface area contributed by atoms with E-state index in [1.54, 1.807) is 0 Å². The van der Waals surface area contributed by atoms with Crippen LogP contribution in [0.2, 0.25) is 0 Å². The summed E-state index contributed by atoms with van der Waals surface area (Å²) in [6.45, 7) is 8.41. The van der Waals surface area contributed by atoms with Crippen molar-refractivity contribution < 1.29 is 4.74 Å². The monoisotopic (exact) mass is 250 g/mol. The van der Waals surface area contributed by atoms with Crippen molar-refractivity contribution in [1.29, 1.82) is 0 Å². The molecule has 1 aliphatic rings. The molecular formula is C13H22N4O. The summed E-state index contributed by atoms with van der Waals surface area (Å²) in [6.07, 6.45) is 2.10. The average Bonchev–Trinajstić information content (AvgIpc) is 2.40. The van der Waals surface area contributed by atoms with Crippen LogP contribution in [0.5, 0.6) is 0 Å². The lowest BCUT2D eigenvalue weighted by atomic mass is 10.2. The fourth-order valence-corrected chi connectivity index (χ4v) is 2.04. The molecule has 1 aromatic rings. The van der Waals surface area contributed by atoms with Gasteiger partial charge in [0.05, 0.1) is 13.2 Å². The lowest BCUT2D eigenvalue weighted by molar-refractivity contribution is 0.122.